The molecule has 0 aromatic rings. The molecule has 1 aliphatic heterocycles. The van der Waals surface area contributed by atoms with Gasteiger partial charge in [-0.3, -0.25) is 4.79 Å². The van der Waals surface area contributed by atoms with Crippen LogP contribution in [0.2, 0.25) is 0 Å². The van der Waals surface area contributed by atoms with Crippen molar-refractivity contribution in [2.24, 2.45) is 5.41 Å². The third kappa shape index (κ3) is 2.95. The van der Waals surface area contributed by atoms with Gasteiger partial charge in [0.2, 0.25) is 5.91 Å². The van der Waals surface area contributed by atoms with Crippen LogP contribution in [0.1, 0.15) is 34.6 Å². The molecule has 1 fully saturated rings. The van der Waals surface area contributed by atoms with Crippen LogP contribution in [0.25, 0.3) is 0 Å². The van der Waals surface area contributed by atoms with Crippen LogP contribution in [-0.2, 0) is 4.79 Å². The van der Waals surface area contributed by atoms with Gasteiger partial charge < -0.3 is 15.3 Å². The van der Waals surface area contributed by atoms with Gasteiger partial charge in [0.1, 0.15) is 6.04 Å². The number of hydrogen-bond donors (Lipinski definition) is 2. The molecule has 1 saturated heterocycles. The molecule has 16 heavy (non-hydrogen) atoms. The van der Waals surface area contributed by atoms with Gasteiger partial charge in [-0.15, -0.1) is 0 Å². The summed E-state index contributed by atoms with van der Waals surface area (Å²) in [4.78, 5) is 14.1. The number of carbonyl (C=O) groups is 1. The summed E-state index contributed by atoms with van der Waals surface area (Å²) in [6.07, 6.45) is 0. The second-order valence-electron chi connectivity index (χ2n) is 6.38. The fraction of sp³-hybridized carbons (Fsp3) is 0.917. The lowest BCUT2D eigenvalue weighted by Gasteiger charge is -2.39. The predicted molar refractivity (Wildman–Crippen MR) is 64.1 cm³/mol. The molecule has 1 atom stereocenters. The van der Waals surface area contributed by atoms with Gasteiger partial charge >= 0.3 is 0 Å². The number of amides is 1. The second-order valence-corrected chi connectivity index (χ2v) is 6.38. The molecule has 1 unspecified atom stereocenters. The van der Waals surface area contributed by atoms with Gasteiger partial charge in [-0.2, -0.15) is 0 Å². The highest BCUT2D eigenvalue weighted by atomic mass is 16.3. The van der Waals surface area contributed by atoms with E-state index in [1.54, 1.807) is 0 Å². The average molecular weight is 228 g/mol. The summed E-state index contributed by atoms with van der Waals surface area (Å²) < 4.78 is 0. The molecule has 0 aromatic carbocycles. The summed E-state index contributed by atoms with van der Waals surface area (Å²) in [5.74, 6) is 0.000532. The van der Waals surface area contributed by atoms with Crippen molar-refractivity contribution in [2.45, 2.75) is 46.2 Å². The molecule has 1 amide bonds. The van der Waals surface area contributed by atoms with Crippen LogP contribution in [0.15, 0.2) is 0 Å². The maximum absolute atomic E-state index is 12.2. The fourth-order valence-electron chi connectivity index (χ4n) is 1.95. The zero-order chi connectivity index (χ0) is 12.6. The normalized spacial score (nSPS) is 26.8. The highest BCUT2D eigenvalue weighted by Crippen LogP contribution is 2.25. The van der Waals surface area contributed by atoms with Crippen molar-refractivity contribution >= 4 is 5.91 Å². The molecule has 0 spiro atoms. The summed E-state index contributed by atoms with van der Waals surface area (Å²) in [6.45, 7) is 11.7. The minimum atomic E-state index is -0.457. The molecule has 0 aliphatic carbocycles. The van der Waals surface area contributed by atoms with E-state index in [2.05, 4.69) is 19.2 Å². The van der Waals surface area contributed by atoms with E-state index in [9.17, 15) is 9.90 Å². The Morgan fingerprint density at radius 3 is 2.50 bits per heavy atom. The first-order chi connectivity index (χ1) is 7.17. The molecule has 1 aliphatic rings. The third-order valence-corrected chi connectivity index (χ3v) is 2.97. The van der Waals surface area contributed by atoms with E-state index in [-0.39, 0.29) is 23.5 Å². The van der Waals surface area contributed by atoms with E-state index in [1.807, 2.05) is 25.7 Å². The topological polar surface area (TPSA) is 52.6 Å². The molecule has 94 valence electrons. The number of carbonyl (C=O) groups excluding carboxylic acids is 1. The molecule has 0 radical (unpaired) electrons. The number of rotatable bonds is 1. The lowest BCUT2D eigenvalue weighted by Crippen LogP contribution is -2.53. The smallest absolute Gasteiger partial charge is 0.242 e. The molecule has 0 saturated carbocycles. The maximum atomic E-state index is 12.2. The monoisotopic (exact) mass is 228 g/mol. The molecular weight excluding hydrogens is 204 g/mol. The van der Waals surface area contributed by atoms with Crippen LogP contribution in [0.5, 0.6) is 0 Å². The highest BCUT2D eigenvalue weighted by Gasteiger charge is 2.38. The first kappa shape index (κ1) is 13.5. The second kappa shape index (κ2) is 4.34. The summed E-state index contributed by atoms with van der Waals surface area (Å²) >= 11 is 0. The zero-order valence-corrected chi connectivity index (χ0v) is 11.0. The van der Waals surface area contributed by atoms with Crippen molar-refractivity contribution in [2.75, 3.05) is 19.7 Å². The van der Waals surface area contributed by atoms with E-state index >= 15 is 0 Å². The van der Waals surface area contributed by atoms with Crippen molar-refractivity contribution < 1.29 is 9.90 Å². The van der Waals surface area contributed by atoms with Crippen LogP contribution in [0.3, 0.4) is 0 Å². The van der Waals surface area contributed by atoms with Crippen LogP contribution < -0.4 is 5.32 Å². The lowest BCUT2D eigenvalue weighted by atomic mass is 9.91. The van der Waals surface area contributed by atoms with E-state index in [4.69, 9.17) is 0 Å². The Kier molecular flexibility index (Phi) is 3.65. The third-order valence-electron chi connectivity index (χ3n) is 2.97. The van der Waals surface area contributed by atoms with Crippen LogP contribution >= 0.6 is 0 Å². The average Bonchev–Trinajstić information content (AvgIpc) is 2.23. The minimum Gasteiger partial charge on any atom is -0.394 e. The Hall–Kier alpha value is -0.610. The highest BCUT2D eigenvalue weighted by molar-refractivity contribution is 5.83. The Balaban J connectivity index is 2.98. The van der Waals surface area contributed by atoms with Crippen LogP contribution in [-0.4, -0.2) is 47.2 Å². The Bertz CT molecular complexity index is 269. The van der Waals surface area contributed by atoms with Crippen molar-refractivity contribution in [1.29, 1.82) is 0 Å². The molecule has 2 N–H and O–H groups in total. The van der Waals surface area contributed by atoms with Gasteiger partial charge in [0.15, 0.2) is 0 Å². The first-order valence-corrected chi connectivity index (χ1v) is 5.83. The van der Waals surface area contributed by atoms with E-state index in [0.717, 1.165) is 13.1 Å². The SMILES string of the molecule is CC1(C)CNC(CO)C(=O)N(C(C)(C)C)C1. The fourth-order valence-corrected chi connectivity index (χ4v) is 1.95. The molecule has 1 heterocycles. The zero-order valence-electron chi connectivity index (χ0n) is 11.0. The first-order valence-electron chi connectivity index (χ1n) is 5.83. The summed E-state index contributed by atoms with van der Waals surface area (Å²) in [5, 5.41) is 12.4. The number of aliphatic hydroxyl groups is 1. The van der Waals surface area contributed by atoms with Crippen molar-refractivity contribution in [3.63, 3.8) is 0 Å². The minimum absolute atomic E-state index is 0.000532. The number of hydrogen-bond acceptors (Lipinski definition) is 3. The van der Waals surface area contributed by atoms with E-state index < -0.39 is 6.04 Å². The van der Waals surface area contributed by atoms with Crippen LogP contribution in [0.4, 0.5) is 0 Å². The Labute approximate surface area is 98.0 Å². The number of nitrogens with zero attached hydrogens (tertiary/aromatic N) is 1. The Morgan fingerprint density at radius 2 is 2.06 bits per heavy atom. The Morgan fingerprint density at radius 1 is 1.50 bits per heavy atom. The van der Waals surface area contributed by atoms with Crippen LogP contribution in [0, 0.1) is 5.41 Å². The maximum Gasteiger partial charge on any atom is 0.242 e. The van der Waals surface area contributed by atoms with E-state index in [1.165, 1.54) is 0 Å². The molecule has 1 rings (SSSR count). The summed E-state index contributed by atoms with van der Waals surface area (Å²) in [5.41, 5.74) is -0.166. The van der Waals surface area contributed by atoms with Gasteiger partial charge in [0, 0.05) is 18.6 Å². The van der Waals surface area contributed by atoms with Crippen molar-refractivity contribution in [3.05, 3.63) is 0 Å². The van der Waals surface area contributed by atoms with Crippen molar-refractivity contribution in [1.82, 2.24) is 10.2 Å². The predicted octanol–water partition coefficient (Wildman–Crippen LogP) is 0.604. The number of nitrogens with one attached hydrogen (secondary N) is 1. The van der Waals surface area contributed by atoms with Gasteiger partial charge in [-0.05, 0) is 26.2 Å². The quantitative estimate of drug-likeness (QED) is 0.691. The molecule has 0 bridgehead atoms. The van der Waals surface area contributed by atoms with E-state index in [0.29, 0.717) is 0 Å². The van der Waals surface area contributed by atoms with Gasteiger partial charge in [-0.25, -0.2) is 0 Å². The lowest BCUT2D eigenvalue weighted by molar-refractivity contribution is -0.139. The van der Waals surface area contributed by atoms with Gasteiger partial charge in [0.05, 0.1) is 6.61 Å². The largest absolute Gasteiger partial charge is 0.394 e. The van der Waals surface area contributed by atoms with Crippen molar-refractivity contribution in [3.8, 4) is 0 Å². The summed E-state index contributed by atoms with van der Waals surface area (Å²) in [7, 11) is 0. The molecular formula is C12H24N2O2. The summed E-state index contributed by atoms with van der Waals surface area (Å²) in [6, 6.07) is -0.457. The van der Waals surface area contributed by atoms with Gasteiger partial charge in [-0.1, -0.05) is 13.8 Å². The molecule has 4 heteroatoms. The standard InChI is InChI=1S/C12H24N2O2/c1-11(2,3)14-8-12(4,5)7-13-9(6-15)10(14)16/h9,13,15H,6-8H2,1-5H3. The van der Waals surface area contributed by atoms with Gasteiger partial charge in [0.25, 0.3) is 0 Å². The number of aliphatic hydroxyl groups excluding tert-OH is 1. The molecule has 4 nitrogen and oxygen atoms in total. The molecule has 0 aromatic heterocycles.